The molecule has 104 valence electrons. The molecule has 0 aromatic heterocycles. The van der Waals surface area contributed by atoms with E-state index in [4.69, 9.17) is 40.1 Å². The standard InChI is InChI=1S/C5H12N8.H2O4S/c1-3(11-13-5(8)9)2-10-12-4(6)7;1-5(2,3)4/h2H,1H3,(H4,6,7,12)(H4,8,9,13);(H2,1,2,3,4). The normalized spacial score (nSPS) is 11.4. The SMILES string of the molecule is CC(C=NN=C(N)N)=NNC(=N)N.O=S(=O)(O)O. The van der Waals surface area contributed by atoms with E-state index in [1.807, 2.05) is 0 Å². The first-order valence-electron chi connectivity index (χ1n) is 3.98. The molecule has 0 bridgehead atoms. The van der Waals surface area contributed by atoms with E-state index in [1.54, 1.807) is 6.92 Å². The molecular weight excluding hydrogens is 268 g/mol. The number of hydrogen-bond donors (Lipinski definition) is 7. The highest BCUT2D eigenvalue weighted by atomic mass is 32.3. The third kappa shape index (κ3) is 29.2. The van der Waals surface area contributed by atoms with Crippen LogP contribution in [-0.4, -0.2) is 41.4 Å². The quantitative estimate of drug-likeness (QED) is 0.126. The summed E-state index contributed by atoms with van der Waals surface area (Å²) in [5.41, 5.74) is 17.7. The number of rotatable bonds is 3. The first-order chi connectivity index (χ1) is 8.02. The van der Waals surface area contributed by atoms with Crippen LogP contribution in [0, 0.1) is 5.41 Å². The molecule has 0 amide bonds. The molecular formula is C5H14N8O4S. The second-order valence-corrected chi connectivity index (χ2v) is 3.39. The van der Waals surface area contributed by atoms with Gasteiger partial charge in [0, 0.05) is 0 Å². The Balaban J connectivity index is 0. The van der Waals surface area contributed by atoms with E-state index in [9.17, 15) is 0 Å². The molecule has 0 radical (unpaired) electrons. The van der Waals surface area contributed by atoms with Gasteiger partial charge in [0.25, 0.3) is 0 Å². The molecule has 10 N–H and O–H groups in total. The van der Waals surface area contributed by atoms with Crippen LogP contribution in [0.1, 0.15) is 6.92 Å². The summed E-state index contributed by atoms with van der Waals surface area (Å²) >= 11 is 0. The summed E-state index contributed by atoms with van der Waals surface area (Å²) < 4.78 is 31.6. The fourth-order valence-electron chi connectivity index (χ4n) is 0.356. The first kappa shape index (κ1) is 18.1. The molecule has 0 atom stereocenters. The van der Waals surface area contributed by atoms with Crippen molar-refractivity contribution in [1.29, 1.82) is 5.41 Å². The molecule has 0 aromatic rings. The minimum atomic E-state index is -4.67. The van der Waals surface area contributed by atoms with Crippen molar-refractivity contribution >= 4 is 34.2 Å². The van der Waals surface area contributed by atoms with Crippen LogP contribution in [0.2, 0.25) is 0 Å². The predicted octanol–water partition coefficient (Wildman–Crippen LogP) is -2.55. The van der Waals surface area contributed by atoms with E-state index < -0.39 is 10.4 Å². The lowest BCUT2D eigenvalue weighted by Crippen LogP contribution is -2.26. The molecule has 0 heterocycles. The van der Waals surface area contributed by atoms with E-state index in [2.05, 4.69) is 20.7 Å². The van der Waals surface area contributed by atoms with Gasteiger partial charge in [-0.3, -0.25) is 14.5 Å². The number of nitrogens with zero attached hydrogens (tertiary/aromatic N) is 3. The maximum absolute atomic E-state index is 8.74. The van der Waals surface area contributed by atoms with Crippen molar-refractivity contribution in [3.05, 3.63) is 0 Å². The van der Waals surface area contributed by atoms with Gasteiger partial charge in [0.2, 0.25) is 11.9 Å². The van der Waals surface area contributed by atoms with Gasteiger partial charge in [-0.05, 0) is 6.92 Å². The lowest BCUT2D eigenvalue weighted by molar-refractivity contribution is 0.381. The van der Waals surface area contributed by atoms with E-state index in [0.29, 0.717) is 5.71 Å². The predicted molar refractivity (Wildman–Crippen MR) is 66.6 cm³/mol. The Hall–Kier alpha value is -2.25. The Morgan fingerprint density at radius 1 is 1.33 bits per heavy atom. The van der Waals surface area contributed by atoms with Crippen molar-refractivity contribution in [2.75, 3.05) is 0 Å². The van der Waals surface area contributed by atoms with Gasteiger partial charge in [-0.1, -0.05) is 0 Å². The van der Waals surface area contributed by atoms with Crippen molar-refractivity contribution in [3.63, 3.8) is 0 Å². The Kier molecular flexibility index (Phi) is 8.91. The van der Waals surface area contributed by atoms with Crippen LogP contribution in [0.25, 0.3) is 0 Å². The second kappa shape index (κ2) is 8.85. The molecule has 12 nitrogen and oxygen atoms in total. The average Bonchev–Trinajstić information content (AvgIpc) is 2.11. The van der Waals surface area contributed by atoms with Gasteiger partial charge in [0.1, 0.15) is 0 Å². The van der Waals surface area contributed by atoms with Crippen molar-refractivity contribution in [2.45, 2.75) is 6.92 Å². The summed E-state index contributed by atoms with van der Waals surface area (Å²) in [5, 5.41) is 17.2. The average molecular weight is 282 g/mol. The summed E-state index contributed by atoms with van der Waals surface area (Å²) in [4.78, 5) is 0. The summed E-state index contributed by atoms with van der Waals surface area (Å²) in [6.07, 6.45) is 1.32. The number of hydrazone groups is 1. The highest BCUT2D eigenvalue weighted by Crippen LogP contribution is 1.72. The smallest absolute Gasteiger partial charge is 0.369 e. The van der Waals surface area contributed by atoms with Crippen LogP contribution >= 0.6 is 0 Å². The lowest BCUT2D eigenvalue weighted by atomic mass is 10.5. The minimum absolute atomic E-state index is 0.136. The molecule has 0 saturated heterocycles. The van der Waals surface area contributed by atoms with Crippen molar-refractivity contribution in [1.82, 2.24) is 5.43 Å². The van der Waals surface area contributed by atoms with Gasteiger partial charge >= 0.3 is 10.4 Å². The van der Waals surface area contributed by atoms with Crippen LogP contribution in [-0.2, 0) is 10.4 Å². The molecule has 18 heavy (non-hydrogen) atoms. The largest absolute Gasteiger partial charge is 0.394 e. The van der Waals surface area contributed by atoms with Gasteiger partial charge in [-0.2, -0.15) is 18.6 Å². The molecule has 0 rings (SSSR count). The summed E-state index contributed by atoms with van der Waals surface area (Å²) in [5.74, 6) is -0.391. The maximum atomic E-state index is 8.74. The van der Waals surface area contributed by atoms with E-state index in [0.717, 1.165) is 0 Å². The molecule has 13 heteroatoms. The minimum Gasteiger partial charge on any atom is -0.369 e. The Morgan fingerprint density at radius 3 is 2.11 bits per heavy atom. The monoisotopic (exact) mass is 282 g/mol. The fraction of sp³-hybridized carbons (Fsp3) is 0.200. The molecule has 0 spiro atoms. The van der Waals surface area contributed by atoms with Gasteiger partial charge in [-0.25, -0.2) is 5.43 Å². The van der Waals surface area contributed by atoms with E-state index >= 15 is 0 Å². The second-order valence-electron chi connectivity index (χ2n) is 2.50. The van der Waals surface area contributed by atoms with Gasteiger partial charge in [0.05, 0.1) is 11.9 Å². The third-order valence-corrected chi connectivity index (χ3v) is 0.770. The van der Waals surface area contributed by atoms with Crippen LogP contribution in [0.3, 0.4) is 0 Å². The summed E-state index contributed by atoms with van der Waals surface area (Å²) in [6.45, 7) is 1.64. The van der Waals surface area contributed by atoms with Crippen molar-refractivity contribution in [2.24, 2.45) is 32.5 Å². The number of nitrogens with two attached hydrogens (primary N) is 3. The highest BCUT2D eigenvalue weighted by molar-refractivity contribution is 7.79. The molecule has 0 unspecified atom stereocenters. The zero-order valence-corrected chi connectivity index (χ0v) is 10.1. The molecule has 0 aliphatic rings. The van der Waals surface area contributed by atoms with E-state index in [1.165, 1.54) is 6.21 Å². The maximum Gasteiger partial charge on any atom is 0.394 e. The van der Waals surface area contributed by atoms with Crippen molar-refractivity contribution < 1.29 is 17.5 Å². The van der Waals surface area contributed by atoms with Crippen molar-refractivity contribution in [3.8, 4) is 0 Å². The van der Waals surface area contributed by atoms with Crippen LogP contribution in [0.15, 0.2) is 15.3 Å². The Bertz CT molecular complexity index is 440. The molecule has 0 saturated carbocycles. The Morgan fingerprint density at radius 2 is 1.78 bits per heavy atom. The van der Waals surface area contributed by atoms with Crippen LogP contribution in [0.4, 0.5) is 0 Å². The molecule has 0 aliphatic carbocycles. The zero-order valence-electron chi connectivity index (χ0n) is 9.27. The zero-order chi connectivity index (χ0) is 14.8. The third-order valence-electron chi connectivity index (χ3n) is 0.770. The number of hydrogen-bond acceptors (Lipinski definition) is 6. The van der Waals surface area contributed by atoms with Gasteiger partial charge in [0.15, 0.2) is 0 Å². The summed E-state index contributed by atoms with van der Waals surface area (Å²) in [7, 11) is -4.67. The van der Waals surface area contributed by atoms with Crippen LogP contribution in [0.5, 0.6) is 0 Å². The Labute approximate surface area is 103 Å². The molecule has 0 aliphatic heterocycles. The topological polar surface area (TPSA) is 226 Å². The fourth-order valence-corrected chi connectivity index (χ4v) is 0.356. The van der Waals surface area contributed by atoms with Crippen LogP contribution < -0.4 is 22.6 Å². The summed E-state index contributed by atoms with van der Waals surface area (Å²) in [6, 6.07) is 0. The number of guanidine groups is 2. The van der Waals surface area contributed by atoms with Gasteiger partial charge in [-0.15, -0.1) is 5.10 Å². The first-order valence-corrected chi connectivity index (χ1v) is 5.38. The lowest BCUT2D eigenvalue weighted by Gasteiger charge is -1.94. The highest BCUT2D eigenvalue weighted by Gasteiger charge is 1.85. The van der Waals surface area contributed by atoms with E-state index in [-0.39, 0.29) is 11.9 Å². The molecule has 0 fully saturated rings. The van der Waals surface area contributed by atoms with Gasteiger partial charge < -0.3 is 17.2 Å². The number of nitrogens with one attached hydrogen (secondary N) is 2. The molecule has 0 aromatic carbocycles.